The molecule has 0 aliphatic rings. The summed E-state index contributed by atoms with van der Waals surface area (Å²) in [7, 11) is 0. The summed E-state index contributed by atoms with van der Waals surface area (Å²) in [6.45, 7) is 9.04. The van der Waals surface area contributed by atoms with Crippen LogP contribution in [0.4, 0.5) is 0 Å². The maximum absolute atomic E-state index is 12.1. The first-order valence-corrected chi connectivity index (χ1v) is 6.84. The fraction of sp³-hybridized carbons (Fsp3) is 0.692. The van der Waals surface area contributed by atoms with Crippen molar-refractivity contribution in [2.45, 2.75) is 40.7 Å². The molecule has 1 amide bonds. The molecule has 1 rings (SSSR count). The van der Waals surface area contributed by atoms with E-state index in [2.05, 4.69) is 10.3 Å². The second kappa shape index (κ2) is 7.02. The number of carboxylic acid groups (broad SMARTS) is 1. The molecule has 0 atom stereocenters. The van der Waals surface area contributed by atoms with Crippen LogP contribution >= 0.6 is 0 Å². The number of carbonyl (C=O) groups excluding carboxylic acids is 1. The second-order valence-corrected chi connectivity index (χ2v) is 5.01. The number of carboxylic acids is 1. The highest BCUT2D eigenvalue weighted by molar-refractivity contribution is 5.86. The van der Waals surface area contributed by atoms with Crippen LogP contribution in [0.3, 0.4) is 0 Å². The van der Waals surface area contributed by atoms with Gasteiger partial charge in [0, 0.05) is 13.1 Å². The first-order chi connectivity index (χ1) is 9.40. The molecule has 0 radical (unpaired) electrons. The number of hydrogen-bond donors (Lipinski definition) is 1. The van der Waals surface area contributed by atoms with Crippen LogP contribution in [-0.2, 0) is 17.8 Å². The molecule has 0 saturated heterocycles. The Bertz CT molecular complexity index is 478. The van der Waals surface area contributed by atoms with Crippen LogP contribution in [0, 0.1) is 5.92 Å². The molecule has 0 spiro atoms. The lowest BCUT2D eigenvalue weighted by Crippen LogP contribution is -2.34. The van der Waals surface area contributed by atoms with Crippen molar-refractivity contribution < 1.29 is 14.7 Å². The molecule has 1 N–H and O–H groups in total. The Hall–Kier alpha value is -1.92. The average molecular weight is 282 g/mol. The normalized spacial score (nSPS) is 10.8. The lowest BCUT2D eigenvalue weighted by molar-refractivity contribution is -0.131. The summed E-state index contributed by atoms with van der Waals surface area (Å²) in [5, 5.41) is 16.6. The minimum absolute atomic E-state index is 0.0318. The summed E-state index contributed by atoms with van der Waals surface area (Å²) in [4.78, 5) is 24.9. The minimum Gasteiger partial charge on any atom is -0.476 e. The number of nitrogens with zero attached hydrogens (tertiary/aromatic N) is 4. The Morgan fingerprint density at radius 2 is 1.90 bits per heavy atom. The zero-order chi connectivity index (χ0) is 15.3. The molecule has 7 nitrogen and oxygen atoms in total. The molecule has 0 aromatic carbocycles. The Labute approximate surface area is 118 Å². The van der Waals surface area contributed by atoms with Crippen molar-refractivity contribution in [1.29, 1.82) is 0 Å². The van der Waals surface area contributed by atoms with Crippen molar-refractivity contribution >= 4 is 11.9 Å². The molecular weight excluding hydrogens is 260 g/mol. The van der Waals surface area contributed by atoms with Gasteiger partial charge in [0.25, 0.3) is 0 Å². The first-order valence-electron chi connectivity index (χ1n) is 6.84. The van der Waals surface area contributed by atoms with Gasteiger partial charge in [-0.15, -0.1) is 5.10 Å². The van der Waals surface area contributed by atoms with Crippen molar-refractivity contribution in [1.82, 2.24) is 19.9 Å². The molecule has 0 aliphatic heterocycles. The monoisotopic (exact) mass is 282 g/mol. The van der Waals surface area contributed by atoms with Crippen molar-refractivity contribution in [3.05, 3.63) is 11.4 Å². The molecule has 1 aromatic rings. The number of carbonyl (C=O) groups is 2. The maximum atomic E-state index is 12.1. The topological polar surface area (TPSA) is 88.3 Å². The van der Waals surface area contributed by atoms with Crippen LogP contribution in [0.1, 0.15) is 43.9 Å². The lowest BCUT2D eigenvalue weighted by atomic mass is 10.1. The van der Waals surface area contributed by atoms with Gasteiger partial charge in [0.1, 0.15) is 6.54 Å². The second-order valence-electron chi connectivity index (χ2n) is 5.01. The van der Waals surface area contributed by atoms with Crippen molar-refractivity contribution in [2.75, 3.05) is 13.1 Å². The maximum Gasteiger partial charge on any atom is 0.358 e. The molecule has 7 heteroatoms. The molecule has 0 aliphatic carbocycles. The van der Waals surface area contributed by atoms with Gasteiger partial charge in [-0.25, -0.2) is 9.48 Å². The van der Waals surface area contributed by atoms with E-state index in [0.717, 1.165) is 0 Å². The smallest absolute Gasteiger partial charge is 0.358 e. The lowest BCUT2D eigenvalue weighted by Gasteiger charge is -2.19. The predicted molar refractivity (Wildman–Crippen MR) is 73.5 cm³/mol. The minimum atomic E-state index is -1.11. The van der Waals surface area contributed by atoms with Gasteiger partial charge in [-0.05, 0) is 26.2 Å². The van der Waals surface area contributed by atoms with Gasteiger partial charge >= 0.3 is 5.97 Å². The van der Waals surface area contributed by atoms with Crippen molar-refractivity contribution in [2.24, 2.45) is 5.92 Å². The number of rotatable bonds is 7. The summed E-state index contributed by atoms with van der Waals surface area (Å²) in [5.74, 6) is -0.932. The van der Waals surface area contributed by atoms with Gasteiger partial charge in [0.2, 0.25) is 5.91 Å². The van der Waals surface area contributed by atoms with Crippen molar-refractivity contribution in [3.8, 4) is 0 Å². The van der Waals surface area contributed by atoms with Crippen molar-refractivity contribution in [3.63, 3.8) is 0 Å². The SMILES string of the molecule is CCN(CC)C(=O)Cn1nnc(C(=O)O)c1CC(C)C. The van der Waals surface area contributed by atoms with E-state index in [1.54, 1.807) is 4.90 Å². The largest absolute Gasteiger partial charge is 0.476 e. The van der Waals surface area contributed by atoms with E-state index in [-0.39, 0.29) is 24.1 Å². The van der Waals surface area contributed by atoms with Crippen LogP contribution in [0.5, 0.6) is 0 Å². The van der Waals surface area contributed by atoms with Crippen LogP contribution in [-0.4, -0.2) is 50.0 Å². The van der Waals surface area contributed by atoms with Gasteiger partial charge < -0.3 is 10.0 Å². The third-order valence-corrected chi connectivity index (χ3v) is 3.04. The average Bonchev–Trinajstić information content (AvgIpc) is 2.73. The number of amides is 1. The van der Waals surface area contributed by atoms with Gasteiger partial charge in [-0.1, -0.05) is 19.1 Å². The van der Waals surface area contributed by atoms with Gasteiger partial charge in [-0.2, -0.15) is 0 Å². The number of likely N-dealkylation sites (N-methyl/N-ethyl adjacent to an activating group) is 1. The van der Waals surface area contributed by atoms with E-state index in [4.69, 9.17) is 5.11 Å². The van der Waals surface area contributed by atoms with Gasteiger partial charge in [-0.3, -0.25) is 4.79 Å². The molecule has 20 heavy (non-hydrogen) atoms. The third-order valence-electron chi connectivity index (χ3n) is 3.04. The molecule has 0 bridgehead atoms. The highest BCUT2D eigenvalue weighted by Crippen LogP contribution is 2.12. The standard InChI is InChI=1S/C13H22N4O3/c1-5-16(6-2)11(18)8-17-10(7-9(3)4)12(13(19)20)14-15-17/h9H,5-8H2,1-4H3,(H,19,20). The number of hydrogen-bond acceptors (Lipinski definition) is 4. The molecule has 0 unspecified atom stereocenters. The zero-order valence-corrected chi connectivity index (χ0v) is 12.5. The van der Waals surface area contributed by atoms with Crippen LogP contribution in [0.25, 0.3) is 0 Å². The third kappa shape index (κ3) is 3.79. The number of aromatic nitrogens is 3. The van der Waals surface area contributed by atoms with Gasteiger partial charge in [0.15, 0.2) is 5.69 Å². The summed E-state index contributed by atoms with van der Waals surface area (Å²) >= 11 is 0. The number of aromatic carboxylic acids is 1. The Kier molecular flexibility index (Phi) is 5.66. The fourth-order valence-electron chi connectivity index (χ4n) is 2.02. The summed E-state index contributed by atoms with van der Waals surface area (Å²) in [6, 6.07) is 0. The van der Waals surface area contributed by atoms with Crippen LogP contribution in [0.2, 0.25) is 0 Å². The highest BCUT2D eigenvalue weighted by Gasteiger charge is 2.22. The summed E-state index contributed by atoms with van der Waals surface area (Å²) in [6.07, 6.45) is 0.528. The fourth-order valence-corrected chi connectivity index (χ4v) is 2.02. The Morgan fingerprint density at radius 3 is 2.35 bits per heavy atom. The van der Waals surface area contributed by atoms with Crippen LogP contribution < -0.4 is 0 Å². The molecular formula is C13H22N4O3. The van der Waals surface area contributed by atoms with E-state index < -0.39 is 5.97 Å². The molecule has 112 valence electrons. The summed E-state index contributed by atoms with van der Waals surface area (Å²) in [5.41, 5.74) is 0.444. The van der Waals surface area contributed by atoms with Crippen LogP contribution in [0.15, 0.2) is 0 Å². The molecule has 0 fully saturated rings. The van der Waals surface area contributed by atoms with E-state index >= 15 is 0 Å². The molecule has 0 saturated carbocycles. The Balaban J connectivity index is 3.00. The van der Waals surface area contributed by atoms with E-state index in [0.29, 0.717) is 25.2 Å². The first kappa shape index (κ1) is 16.1. The molecule has 1 heterocycles. The predicted octanol–water partition coefficient (Wildman–Crippen LogP) is 1.04. The van der Waals surface area contributed by atoms with E-state index in [1.165, 1.54) is 4.68 Å². The van der Waals surface area contributed by atoms with Gasteiger partial charge in [0.05, 0.1) is 5.69 Å². The van der Waals surface area contributed by atoms with E-state index in [1.807, 2.05) is 27.7 Å². The van der Waals surface area contributed by atoms with E-state index in [9.17, 15) is 9.59 Å². The zero-order valence-electron chi connectivity index (χ0n) is 12.5. The summed E-state index contributed by atoms with van der Waals surface area (Å²) < 4.78 is 1.41. The quantitative estimate of drug-likeness (QED) is 0.807. The highest BCUT2D eigenvalue weighted by atomic mass is 16.4. The Morgan fingerprint density at radius 1 is 1.30 bits per heavy atom. The molecule has 1 aromatic heterocycles.